The minimum absolute atomic E-state index is 0.168. The van der Waals surface area contributed by atoms with Gasteiger partial charge in [0, 0.05) is 30.6 Å². The highest BCUT2D eigenvalue weighted by Gasteiger charge is 2.20. The highest BCUT2D eigenvalue weighted by molar-refractivity contribution is 8.00. The molecular weight excluding hydrogens is 270 g/mol. The number of carbonyl (C=O) groups is 1. The van der Waals surface area contributed by atoms with Crippen LogP contribution in [0.5, 0.6) is 0 Å². The molecule has 1 aromatic rings. The molecule has 0 spiro atoms. The second-order valence-electron chi connectivity index (χ2n) is 5.16. The molecule has 0 radical (unpaired) electrons. The average molecular weight is 293 g/mol. The standard InChI is InChI=1S/C16H23NO2S/c1-3-15-12-17(8-9-20-15)11-14-7-5-4-6-13(14)10-16(18)19-2/h4-7,15H,3,8-12H2,1-2H3. The summed E-state index contributed by atoms with van der Waals surface area (Å²) in [6.07, 6.45) is 1.59. The quantitative estimate of drug-likeness (QED) is 0.781. The lowest BCUT2D eigenvalue weighted by Gasteiger charge is -2.32. The lowest BCUT2D eigenvalue weighted by molar-refractivity contribution is -0.139. The molecule has 20 heavy (non-hydrogen) atoms. The lowest BCUT2D eigenvalue weighted by atomic mass is 10.0. The smallest absolute Gasteiger partial charge is 0.309 e. The van der Waals surface area contributed by atoms with Gasteiger partial charge in [0.1, 0.15) is 0 Å². The van der Waals surface area contributed by atoms with Crippen molar-refractivity contribution in [2.45, 2.75) is 31.6 Å². The van der Waals surface area contributed by atoms with Crippen LogP contribution in [0.4, 0.5) is 0 Å². The molecule has 0 amide bonds. The van der Waals surface area contributed by atoms with Crippen molar-refractivity contribution in [1.82, 2.24) is 4.90 Å². The van der Waals surface area contributed by atoms with Crippen LogP contribution >= 0.6 is 11.8 Å². The third kappa shape index (κ3) is 4.25. The first-order chi connectivity index (χ1) is 9.72. The number of methoxy groups -OCH3 is 1. The molecule has 1 fully saturated rings. The van der Waals surface area contributed by atoms with E-state index in [1.807, 2.05) is 18.2 Å². The highest BCUT2D eigenvalue weighted by Crippen LogP contribution is 2.23. The van der Waals surface area contributed by atoms with E-state index in [1.54, 1.807) is 0 Å². The molecule has 0 aliphatic carbocycles. The highest BCUT2D eigenvalue weighted by atomic mass is 32.2. The van der Waals surface area contributed by atoms with E-state index in [4.69, 9.17) is 4.74 Å². The molecule has 2 rings (SSSR count). The number of nitrogens with zero attached hydrogens (tertiary/aromatic N) is 1. The maximum Gasteiger partial charge on any atom is 0.309 e. The number of hydrogen-bond donors (Lipinski definition) is 0. The van der Waals surface area contributed by atoms with E-state index in [0.717, 1.165) is 30.4 Å². The van der Waals surface area contributed by atoms with Gasteiger partial charge in [0.15, 0.2) is 0 Å². The molecule has 1 aliphatic heterocycles. The molecule has 1 aliphatic rings. The van der Waals surface area contributed by atoms with Gasteiger partial charge < -0.3 is 4.74 Å². The van der Waals surface area contributed by atoms with E-state index in [1.165, 1.54) is 24.8 Å². The number of carbonyl (C=O) groups excluding carboxylic acids is 1. The van der Waals surface area contributed by atoms with Crippen molar-refractivity contribution in [3.63, 3.8) is 0 Å². The number of rotatable bonds is 5. The fourth-order valence-electron chi connectivity index (χ4n) is 2.52. The molecule has 0 bridgehead atoms. The van der Waals surface area contributed by atoms with Gasteiger partial charge in [-0.05, 0) is 17.5 Å². The normalized spacial score (nSPS) is 19.8. The number of ether oxygens (including phenoxy) is 1. The molecule has 0 N–H and O–H groups in total. The van der Waals surface area contributed by atoms with Crippen LogP contribution < -0.4 is 0 Å². The summed E-state index contributed by atoms with van der Waals surface area (Å²) in [5, 5.41) is 0.747. The van der Waals surface area contributed by atoms with Crippen LogP contribution in [-0.2, 0) is 22.5 Å². The average Bonchev–Trinajstić information content (AvgIpc) is 2.49. The molecule has 0 saturated carbocycles. The second-order valence-corrected chi connectivity index (χ2v) is 6.57. The topological polar surface area (TPSA) is 29.5 Å². The van der Waals surface area contributed by atoms with Crippen molar-refractivity contribution in [1.29, 1.82) is 0 Å². The fourth-order valence-corrected chi connectivity index (χ4v) is 3.77. The Hall–Kier alpha value is -1.00. The van der Waals surface area contributed by atoms with Crippen LogP contribution in [0.25, 0.3) is 0 Å². The first-order valence-corrected chi connectivity index (χ1v) is 8.25. The van der Waals surface area contributed by atoms with Crippen molar-refractivity contribution < 1.29 is 9.53 Å². The van der Waals surface area contributed by atoms with Crippen LogP contribution in [0, 0.1) is 0 Å². The van der Waals surface area contributed by atoms with Crippen molar-refractivity contribution in [2.75, 3.05) is 26.0 Å². The first kappa shape index (κ1) is 15.4. The van der Waals surface area contributed by atoms with Gasteiger partial charge >= 0.3 is 5.97 Å². The Morgan fingerprint density at radius 1 is 1.40 bits per heavy atom. The van der Waals surface area contributed by atoms with E-state index in [2.05, 4.69) is 29.7 Å². The largest absolute Gasteiger partial charge is 0.469 e. The maximum atomic E-state index is 11.5. The van der Waals surface area contributed by atoms with Crippen molar-refractivity contribution in [2.24, 2.45) is 0 Å². The zero-order valence-electron chi connectivity index (χ0n) is 12.3. The van der Waals surface area contributed by atoms with Gasteiger partial charge in [-0.15, -0.1) is 0 Å². The van der Waals surface area contributed by atoms with Crippen molar-refractivity contribution in [3.05, 3.63) is 35.4 Å². The number of hydrogen-bond acceptors (Lipinski definition) is 4. The van der Waals surface area contributed by atoms with Crippen molar-refractivity contribution >= 4 is 17.7 Å². The predicted octanol–water partition coefficient (Wildman–Crippen LogP) is 2.73. The zero-order valence-corrected chi connectivity index (χ0v) is 13.1. The van der Waals surface area contributed by atoms with Gasteiger partial charge in [-0.25, -0.2) is 0 Å². The van der Waals surface area contributed by atoms with Gasteiger partial charge in [-0.1, -0.05) is 31.2 Å². The molecule has 1 aromatic carbocycles. The van der Waals surface area contributed by atoms with Crippen LogP contribution in [0.15, 0.2) is 24.3 Å². The summed E-state index contributed by atoms with van der Waals surface area (Å²) in [7, 11) is 1.44. The summed E-state index contributed by atoms with van der Waals surface area (Å²) in [6, 6.07) is 8.19. The molecule has 1 atom stereocenters. The van der Waals surface area contributed by atoms with E-state index in [0.29, 0.717) is 6.42 Å². The monoisotopic (exact) mass is 293 g/mol. The van der Waals surface area contributed by atoms with Crippen LogP contribution in [0.1, 0.15) is 24.5 Å². The molecule has 1 saturated heterocycles. The van der Waals surface area contributed by atoms with Gasteiger partial charge in [-0.2, -0.15) is 11.8 Å². The molecular formula is C16H23NO2S. The van der Waals surface area contributed by atoms with Crippen molar-refractivity contribution in [3.8, 4) is 0 Å². The zero-order chi connectivity index (χ0) is 14.4. The SMILES string of the molecule is CCC1CN(Cc2ccccc2CC(=O)OC)CCS1. The van der Waals surface area contributed by atoms with Gasteiger partial charge in [-0.3, -0.25) is 9.69 Å². The summed E-state index contributed by atoms with van der Waals surface area (Å²) < 4.78 is 4.78. The molecule has 3 nitrogen and oxygen atoms in total. The van der Waals surface area contributed by atoms with Gasteiger partial charge in [0.25, 0.3) is 0 Å². The van der Waals surface area contributed by atoms with E-state index < -0.39 is 0 Å². The minimum atomic E-state index is -0.168. The third-order valence-electron chi connectivity index (χ3n) is 3.75. The van der Waals surface area contributed by atoms with Crippen LogP contribution in [-0.4, -0.2) is 42.1 Å². The van der Waals surface area contributed by atoms with E-state index in [-0.39, 0.29) is 5.97 Å². The Morgan fingerprint density at radius 2 is 2.15 bits per heavy atom. The second kappa shape index (κ2) is 7.70. The maximum absolute atomic E-state index is 11.5. The molecule has 1 heterocycles. The van der Waals surface area contributed by atoms with Crippen LogP contribution in [0.2, 0.25) is 0 Å². The minimum Gasteiger partial charge on any atom is -0.469 e. The summed E-state index contributed by atoms with van der Waals surface area (Å²) in [4.78, 5) is 14.0. The Labute approximate surface area is 125 Å². The Kier molecular flexibility index (Phi) is 5.92. The van der Waals surface area contributed by atoms with Crippen LogP contribution in [0.3, 0.4) is 0 Å². The Morgan fingerprint density at radius 3 is 2.85 bits per heavy atom. The summed E-state index contributed by atoms with van der Waals surface area (Å²) in [6.45, 7) is 5.47. The van der Waals surface area contributed by atoms with E-state index in [9.17, 15) is 4.79 Å². The summed E-state index contributed by atoms with van der Waals surface area (Å²) in [5.74, 6) is 1.04. The first-order valence-electron chi connectivity index (χ1n) is 7.20. The third-order valence-corrected chi connectivity index (χ3v) is 5.13. The number of benzene rings is 1. The number of thioether (sulfide) groups is 1. The Balaban J connectivity index is 2.03. The number of esters is 1. The summed E-state index contributed by atoms with van der Waals surface area (Å²) >= 11 is 2.08. The molecule has 0 aromatic heterocycles. The predicted molar refractivity (Wildman–Crippen MR) is 84.0 cm³/mol. The molecule has 110 valence electrons. The van der Waals surface area contributed by atoms with E-state index >= 15 is 0 Å². The molecule has 1 unspecified atom stereocenters. The summed E-state index contributed by atoms with van der Waals surface area (Å²) in [5.41, 5.74) is 2.34. The lowest BCUT2D eigenvalue weighted by Crippen LogP contribution is -2.37. The fraction of sp³-hybridized carbons (Fsp3) is 0.562. The Bertz CT molecular complexity index is 450. The molecule has 4 heteroatoms. The van der Waals surface area contributed by atoms with Gasteiger partial charge in [0.2, 0.25) is 0 Å². The van der Waals surface area contributed by atoms with Gasteiger partial charge in [0.05, 0.1) is 13.5 Å².